The molecule has 0 aliphatic heterocycles. The number of ether oxygens (including phenoxy) is 2. The van der Waals surface area contributed by atoms with Crippen LogP contribution in [0.3, 0.4) is 0 Å². The molecule has 3 aromatic heterocycles. The summed E-state index contributed by atoms with van der Waals surface area (Å²) in [4.78, 5) is 13.9. The summed E-state index contributed by atoms with van der Waals surface area (Å²) in [6.45, 7) is 7.16. The summed E-state index contributed by atoms with van der Waals surface area (Å²) in [6, 6.07) is 6.33. The van der Waals surface area contributed by atoms with Gasteiger partial charge < -0.3 is 24.3 Å². The zero-order valence-electron chi connectivity index (χ0n) is 21.7. The summed E-state index contributed by atoms with van der Waals surface area (Å²) < 4.78 is 28.8. The number of aromatic nitrogens is 5. The number of nitrogens with zero attached hydrogens (tertiary/aromatic N) is 6. The van der Waals surface area contributed by atoms with E-state index >= 15 is 4.39 Å². The molecule has 10 nitrogen and oxygen atoms in total. The van der Waals surface area contributed by atoms with Gasteiger partial charge >= 0.3 is 0 Å². The summed E-state index contributed by atoms with van der Waals surface area (Å²) in [5, 5.41) is 25.1. The maximum absolute atomic E-state index is 15.1. The fourth-order valence-corrected chi connectivity index (χ4v) is 3.84. The number of hydrogen-bond acceptors (Lipinski definition) is 8. The lowest BCUT2D eigenvalue weighted by molar-refractivity contribution is 0.0576. The molecule has 37 heavy (non-hydrogen) atoms. The summed E-state index contributed by atoms with van der Waals surface area (Å²) in [7, 11) is 2.84. The van der Waals surface area contributed by atoms with Gasteiger partial charge in [0.25, 0.3) is 0 Å². The molecule has 0 atom stereocenters. The maximum Gasteiger partial charge on any atom is 0.190 e. The Bertz CT molecular complexity index is 1500. The molecule has 0 spiro atoms. The molecular formula is C26H31FN6O4. The topological polar surface area (TPSA) is 120 Å². The highest BCUT2D eigenvalue weighted by molar-refractivity contribution is 5.73. The largest absolute Gasteiger partial charge is 0.497 e. The first-order chi connectivity index (χ1) is 17.4. The van der Waals surface area contributed by atoms with Crippen molar-refractivity contribution in [2.24, 2.45) is 4.99 Å². The van der Waals surface area contributed by atoms with Crippen LogP contribution in [0.2, 0.25) is 0 Å². The van der Waals surface area contributed by atoms with Crippen molar-refractivity contribution >= 4 is 16.9 Å². The van der Waals surface area contributed by atoms with E-state index in [1.807, 2.05) is 0 Å². The first-order valence-electron chi connectivity index (χ1n) is 11.7. The Hall–Kier alpha value is -3.83. The average Bonchev–Trinajstić information content (AvgIpc) is 3.27. The third-order valence-electron chi connectivity index (χ3n) is 5.41. The van der Waals surface area contributed by atoms with Crippen molar-refractivity contribution in [3.05, 3.63) is 54.2 Å². The van der Waals surface area contributed by atoms with Crippen LogP contribution in [-0.4, -0.2) is 60.0 Å². The van der Waals surface area contributed by atoms with Gasteiger partial charge in [-0.15, -0.1) is 0 Å². The monoisotopic (exact) mass is 510 g/mol. The molecule has 0 saturated heterocycles. The first kappa shape index (κ1) is 26.2. The van der Waals surface area contributed by atoms with Crippen molar-refractivity contribution in [1.82, 2.24) is 24.3 Å². The van der Waals surface area contributed by atoms with Crippen molar-refractivity contribution in [1.29, 1.82) is 0 Å². The average molecular weight is 511 g/mol. The van der Waals surface area contributed by atoms with E-state index in [4.69, 9.17) is 14.5 Å². The molecular weight excluding hydrogens is 479 g/mol. The molecule has 11 heteroatoms. The van der Waals surface area contributed by atoms with Crippen LogP contribution in [0.1, 0.15) is 27.7 Å². The minimum absolute atomic E-state index is 0.00178. The number of methoxy groups -OCH3 is 2. The number of fused-ring (bicyclic) bond motifs is 1. The second-order valence-corrected chi connectivity index (χ2v) is 10.1. The van der Waals surface area contributed by atoms with Gasteiger partial charge in [0.15, 0.2) is 17.2 Å². The van der Waals surface area contributed by atoms with Gasteiger partial charge in [-0.2, -0.15) is 5.10 Å². The highest BCUT2D eigenvalue weighted by Gasteiger charge is 2.19. The summed E-state index contributed by atoms with van der Waals surface area (Å²) in [5.41, 5.74) is 0.576. The Kier molecular flexibility index (Phi) is 7.03. The highest BCUT2D eigenvalue weighted by Crippen LogP contribution is 2.32. The van der Waals surface area contributed by atoms with E-state index in [9.17, 15) is 10.2 Å². The summed E-state index contributed by atoms with van der Waals surface area (Å²) >= 11 is 0. The lowest BCUT2D eigenvalue weighted by Crippen LogP contribution is -2.33. The van der Waals surface area contributed by atoms with Gasteiger partial charge in [0.2, 0.25) is 0 Å². The zero-order chi connectivity index (χ0) is 27.0. The predicted octanol–water partition coefficient (Wildman–Crippen LogP) is 3.23. The van der Waals surface area contributed by atoms with Crippen LogP contribution in [0.5, 0.6) is 11.5 Å². The predicted molar refractivity (Wildman–Crippen MR) is 136 cm³/mol. The molecule has 1 aromatic carbocycles. The highest BCUT2D eigenvalue weighted by atomic mass is 19.1. The van der Waals surface area contributed by atoms with Crippen LogP contribution < -0.4 is 15.0 Å². The third-order valence-corrected chi connectivity index (χ3v) is 5.41. The van der Waals surface area contributed by atoms with E-state index in [0.29, 0.717) is 40.2 Å². The molecule has 0 unspecified atom stereocenters. The van der Waals surface area contributed by atoms with Gasteiger partial charge in [-0.05, 0) is 39.8 Å². The fraction of sp³-hybridized carbons (Fsp3) is 0.385. The summed E-state index contributed by atoms with van der Waals surface area (Å²) in [6.07, 6.45) is 5.06. The number of pyridine rings is 1. The zero-order valence-corrected chi connectivity index (χ0v) is 21.7. The summed E-state index contributed by atoms with van der Waals surface area (Å²) in [5.74, 6) is -0.257. The van der Waals surface area contributed by atoms with Crippen LogP contribution in [0, 0.1) is 5.82 Å². The molecule has 4 aromatic rings. The maximum atomic E-state index is 15.1. The van der Waals surface area contributed by atoms with Crippen LogP contribution in [0.4, 0.5) is 10.1 Å². The molecule has 0 fully saturated rings. The molecule has 0 amide bonds. The Labute approximate surface area is 213 Å². The number of aliphatic hydroxyl groups is 2. The number of hydrogen-bond donors (Lipinski definition) is 2. The molecule has 2 N–H and O–H groups in total. The number of benzene rings is 1. The standard InChI is InChI=1S/C26H31FN6O4/c1-25(2,34)14-32-13-16(11-29-32)20-12-28-18-7-8-22(33(24(18)31-20)15-26(3,4)35)30-19-9-17(36-5)10-21(37-6)23(19)27/h7-13,34-35H,14-15H2,1-6H3. The Morgan fingerprint density at radius 3 is 2.38 bits per heavy atom. The second kappa shape index (κ2) is 9.91. The van der Waals surface area contributed by atoms with Crippen LogP contribution >= 0.6 is 0 Å². The molecule has 0 aliphatic rings. The smallest absolute Gasteiger partial charge is 0.190 e. The Morgan fingerprint density at radius 2 is 1.73 bits per heavy atom. The molecule has 196 valence electrons. The van der Waals surface area contributed by atoms with E-state index in [1.54, 1.807) is 67.7 Å². The van der Waals surface area contributed by atoms with E-state index in [2.05, 4.69) is 15.1 Å². The Morgan fingerprint density at radius 1 is 1.00 bits per heavy atom. The molecule has 0 radical (unpaired) electrons. The first-order valence-corrected chi connectivity index (χ1v) is 11.7. The van der Waals surface area contributed by atoms with Crippen molar-refractivity contribution < 1.29 is 24.1 Å². The molecule has 4 rings (SSSR count). The van der Waals surface area contributed by atoms with Crippen LogP contribution in [-0.2, 0) is 13.1 Å². The normalized spacial score (nSPS) is 12.8. The van der Waals surface area contributed by atoms with Crippen molar-refractivity contribution in [2.45, 2.75) is 52.0 Å². The van der Waals surface area contributed by atoms with Crippen molar-refractivity contribution in [2.75, 3.05) is 14.2 Å². The molecule has 0 saturated carbocycles. The Balaban J connectivity index is 1.91. The van der Waals surface area contributed by atoms with Gasteiger partial charge in [0, 0.05) is 23.9 Å². The second-order valence-electron chi connectivity index (χ2n) is 10.1. The molecule has 0 aliphatic carbocycles. The van der Waals surface area contributed by atoms with Crippen LogP contribution in [0.25, 0.3) is 22.4 Å². The fourth-order valence-electron chi connectivity index (χ4n) is 3.84. The van der Waals surface area contributed by atoms with E-state index in [1.165, 1.54) is 26.4 Å². The van der Waals surface area contributed by atoms with Gasteiger partial charge in [-0.25, -0.2) is 14.4 Å². The van der Waals surface area contributed by atoms with E-state index < -0.39 is 17.0 Å². The van der Waals surface area contributed by atoms with Crippen molar-refractivity contribution in [3.8, 4) is 22.8 Å². The lowest BCUT2D eigenvalue weighted by Gasteiger charge is -2.21. The number of halogens is 1. The van der Waals surface area contributed by atoms with Gasteiger partial charge in [0.1, 0.15) is 22.4 Å². The van der Waals surface area contributed by atoms with E-state index in [-0.39, 0.29) is 18.0 Å². The molecule has 3 heterocycles. The number of rotatable bonds is 8. The minimum atomic E-state index is -1.14. The SMILES string of the molecule is COc1cc(N=c2ccc3ncc(-c4cnn(CC(C)(C)O)c4)nc3n2CC(C)(C)O)c(F)c(OC)c1. The third kappa shape index (κ3) is 6.12. The molecule has 0 bridgehead atoms. The minimum Gasteiger partial charge on any atom is -0.497 e. The van der Waals surface area contributed by atoms with Crippen molar-refractivity contribution in [3.63, 3.8) is 0 Å². The van der Waals surface area contributed by atoms with E-state index in [0.717, 1.165) is 0 Å². The van der Waals surface area contributed by atoms with Gasteiger partial charge in [-0.1, -0.05) is 0 Å². The lowest BCUT2D eigenvalue weighted by atomic mass is 10.1. The van der Waals surface area contributed by atoms with Crippen LogP contribution in [0.15, 0.2) is 47.8 Å². The quantitative estimate of drug-likeness (QED) is 0.373. The van der Waals surface area contributed by atoms with Gasteiger partial charge in [-0.3, -0.25) is 9.67 Å². The van der Waals surface area contributed by atoms with Gasteiger partial charge in [0.05, 0.1) is 56.6 Å².